The van der Waals surface area contributed by atoms with Gasteiger partial charge in [0.25, 0.3) is 5.91 Å². The molecule has 28 heavy (non-hydrogen) atoms. The van der Waals surface area contributed by atoms with Gasteiger partial charge in [0, 0.05) is 27.9 Å². The fourth-order valence-electron chi connectivity index (χ4n) is 2.79. The van der Waals surface area contributed by atoms with Crippen molar-refractivity contribution in [1.82, 2.24) is 9.97 Å². The third-order valence-electron chi connectivity index (χ3n) is 4.13. The molecule has 0 fully saturated rings. The second-order valence-corrected chi connectivity index (χ2v) is 6.02. The average Bonchev–Trinajstić information content (AvgIpc) is 3.09. The zero-order chi connectivity index (χ0) is 20.5. The minimum absolute atomic E-state index is 0.165. The molecule has 0 bridgehead atoms. The lowest BCUT2D eigenvalue weighted by atomic mass is 10.1. The molecule has 0 saturated heterocycles. The predicted molar refractivity (Wildman–Crippen MR) is 120 cm³/mol. The minimum Gasteiger partial charge on any atom is -0.361 e. The van der Waals surface area contributed by atoms with E-state index in [0.717, 1.165) is 33.5 Å². The lowest BCUT2D eigenvalue weighted by molar-refractivity contribution is 0.102. The summed E-state index contributed by atoms with van der Waals surface area (Å²) in [4.78, 5) is 20.2. The number of hydrogen-bond acceptors (Lipinski definition) is 2. The number of rotatable bonds is 5. The lowest BCUT2D eigenvalue weighted by Gasteiger charge is -2.06. The van der Waals surface area contributed by atoms with Crippen molar-refractivity contribution in [1.29, 1.82) is 0 Å². The second kappa shape index (κ2) is 10.1. The van der Waals surface area contributed by atoms with Crippen LogP contribution >= 0.6 is 0 Å². The lowest BCUT2D eigenvalue weighted by Crippen LogP contribution is -2.28. The molecule has 0 aliphatic rings. The smallest absolute Gasteiger partial charge is 0.255 e. The van der Waals surface area contributed by atoms with Gasteiger partial charge in [-0.15, -0.1) is 6.58 Å². The molecule has 0 saturated carbocycles. The maximum Gasteiger partial charge on any atom is 0.255 e. The number of pyridine rings is 1. The van der Waals surface area contributed by atoms with Crippen LogP contribution < -0.4 is 15.9 Å². The average molecular weight is 374 g/mol. The van der Waals surface area contributed by atoms with E-state index < -0.39 is 0 Å². The highest BCUT2D eigenvalue weighted by Gasteiger charge is 2.09. The van der Waals surface area contributed by atoms with Crippen molar-refractivity contribution in [2.75, 3.05) is 5.32 Å². The SMILES string of the molecule is C=C/C=c1/cc(NC(=O)c2ccc3[nH]cc(C)c3c2)cnc1=CCC=C.CC. The molecular weight excluding hydrogens is 346 g/mol. The molecule has 0 aliphatic carbocycles. The number of fused-ring (bicyclic) bond motifs is 1. The molecule has 0 atom stereocenters. The van der Waals surface area contributed by atoms with Gasteiger partial charge in [-0.2, -0.15) is 0 Å². The highest BCUT2D eigenvalue weighted by Crippen LogP contribution is 2.19. The number of benzene rings is 1. The van der Waals surface area contributed by atoms with Crippen molar-refractivity contribution in [2.24, 2.45) is 0 Å². The van der Waals surface area contributed by atoms with Gasteiger partial charge in [0.15, 0.2) is 0 Å². The summed E-state index contributed by atoms with van der Waals surface area (Å²) in [7, 11) is 0. The normalized spacial score (nSPS) is 11.7. The molecule has 4 nitrogen and oxygen atoms in total. The molecule has 1 aromatic carbocycles. The minimum atomic E-state index is -0.165. The van der Waals surface area contributed by atoms with E-state index >= 15 is 0 Å². The van der Waals surface area contributed by atoms with Gasteiger partial charge in [0.1, 0.15) is 0 Å². The Morgan fingerprint density at radius 3 is 2.75 bits per heavy atom. The number of allylic oxidation sites excluding steroid dienone is 2. The van der Waals surface area contributed by atoms with Crippen LogP contribution in [0.25, 0.3) is 23.1 Å². The highest BCUT2D eigenvalue weighted by molar-refractivity contribution is 6.06. The van der Waals surface area contributed by atoms with E-state index in [-0.39, 0.29) is 5.91 Å². The Kier molecular flexibility index (Phi) is 7.52. The molecule has 3 rings (SSSR count). The summed E-state index contributed by atoms with van der Waals surface area (Å²) in [6, 6.07) is 7.51. The molecule has 0 unspecified atom stereocenters. The van der Waals surface area contributed by atoms with Crippen LogP contribution in [0, 0.1) is 6.92 Å². The summed E-state index contributed by atoms with van der Waals surface area (Å²) in [5, 5.41) is 5.70. The second-order valence-electron chi connectivity index (χ2n) is 6.02. The van der Waals surface area contributed by atoms with Crippen LogP contribution in [-0.2, 0) is 0 Å². The Balaban J connectivity index is 0.00000136. The number of aryl methyl sites for hydroxylation is 1. The summed E-state index contributed by atoms with van der Waals surface area (Å²) in [5.41, 5.74) is 3.38. The summed E-state index contributed by atoms with van der Waals surface area (Å²) < 4.78 is 0. The van der Waals surface area contributed by atoms with Crippen LogP contribution in [0.1, 0.15) is 36.2 Å². The number of nitrogens with zero attached hydrogens (tertiary/aromatic N) is 1. The van der Waals surface area contributed by atoms with E-state index in [1.165, 1.54) is 0 Å². The number of anilines is 1. The van der Waals surface area contributed by atoms with E-state index in [0.29, 0.717) is 11.3 Å². The number of hydrogen-bond donors (Lipinski definition) is 2. The zero-order valence-electron chi connectivity index (χ0n) is 16.8. The Hall–Kier alpha value is -3.40. The van der Waals surface area contributed by atoms with Gasteiger partial charge in [-0.1, -0.05) is 44.7 Å². The Labute approximate surface area is 166 Å². The number of carbonyl (C=O) groups is 1. The molecule has 2 aromatic heterocycles. The first kappa shape index (κ1) is 20.9. The van der Waals surface area contributed by atoms with Crippen LogP contribution in [-0.4, -0.2) is 15.9 Å². The number of amides is 1. The third kappa shape index (κ3) is 4.86. The molecule has 2 heterocycles. The third-order valence-corrected chi connectivity index (χ3v) is 4.13. The topological polar surface area (TPSA) is 57.8 Å². The van der Waals surface area contributed by atoms with Gasteiger partial charge in [0.2, 0.25) is 0 Å². The van der Waals surface area contributed by atoms with Crippen molar-refractivity contribution in [3.8, 4) is 0 Å². The highest BCUT2D eigenvalue weighted by atomic mass is 16.1. The standard InChI is InChI=1S/C22H21N3O.C2H6/c1-4-6-8-20-16(7-5-2)11-18(14-24-20)25-22(26)17-9-10-21-19(12-17)15(3)13-23-21;1-2/h4-5,7-14,23H,1-2,6H2,3H3,(H,25,26);1-2H3/b16-7-,20-8?;. The van der Waals surface area contributed by atoms with E-state index in [1.807, 2.05) is 69.5 Å². The monoisotopic (exact) mass is 373 g/mol. The van der Waals surface area contributed by atoms with Gasteiger partial charge in [0.05, 0.1) is 17.2 Å². The first-order chi connectivity index (χ1) is 13.6. The molecular formula is C24H27N3O. The number of aromatic nitrogens is 2. The quantitative estimate of drug-likeness (QED) is 0.648. The number of carbonyl (C=O) groups excluding carboxylic acids is 1. The molecule has 1 amide bonds. The molecule has 0 aliphatic heterocycles. The zero-order valence-corrected chi connectivity index (χ0v) is 16.8. The summed E-state index contributed by atoms with van der Waals surface area (Å²) in [6.07, 6.45) is 11.7. The summed E-state index contributed by atoms with van der Waals surface area (Å²) in [6.45, 7) is 13.5. The fraction of sp³-hybridized carbons (Fsp3) is 0.167. The Morgan fingerprint density at radius 1 is 1.25 bits per heavy atom. The largest absolute Gasteiger partial charge is 0.361 e. The van der Waals surface area contributed by atoms with Crippen molar-refractivity contribution < 1.29 is 4.79 Å². The summed E-state index contributed by atoms with van der Waals surface area (Å²) in [5.74, 6) is -0.165. The van der Waals surface area contributed by atoms with E-state index in [1.54, 1.807) is 12.3 Å². The number of H-pyrrole nitrogens is 1. The molecule has 2 N–H and O–H groups in total. The van der Waals surface area contributed by atoms with E-state index in [2.05, 4.69) is 28.4 Å². The maximum atomic E-state index is 12.6. The van der Waals surface area contributed by atoms with Gasteiger partial charge in [-0.05, 0) is 43.2 Å². The first-order valence-electron chi connectivity index (χ1n) is 9.41. The maximum absolute atomic E-state index is 12.6. The molecule has 144 valence electrons. The van der Waals surface area contributed by atoms with Crippen LogP contribution in [0.2, 0.25) is 0 Å². The summed E-state index contributed by atoms with van der Waals surface area (Å²) >= 11 is 0. The Morgan fingerprint density at radius 2 is 2.04 bits per heavy atom. The molecule has 3 aromatic rings. The van der Waals surface area contributed by atoms with Crippen molar-refractivity contribution >= 4 is 34.6 Å². The van der Waals surface area contributed by atoms with Crippen LogP contribution in [0.5, 0.6) is 0 Å². The van der Waals surface area contributed by atoms with Crippen LogP contribution in [0.4, 0.5) is 5.69 Å². The van der Waals surface area contributed by atoms with Crippen LogP contribution in [0.15, 0.2) is 62.0 Å². The first-order valence-corrected chi connectivity index (χ1v) is 9.41. The molecule has 0 radical (unpaired) electrons. The number of nitrogens with one attached hydrogen (secondary N) is 2. The van der Waals surface area contributed by atoms with Gasteiger partial charge in [-0.25, -0.2) is 0 Å². The van der Waals surface area contributed by atoms with Crippen LogP contribution in [0.3, 0.4) is 0 Å². The molecule has 0 spiro atoms. The van der Waals surface area contributed by atoms with Crippen molar-refractivity contribution in [3.05, 3.63) is 83.7 Å². The Bertz CT molecular complexity index is 1110. The van der Waals surface area contributed by atoms with E-state index in [4.69, 9.17) is 0 Å². The van der Waals surface area contributed by atoms with Crippen molar-refractivity contribution in [3.63, 3.8) is 0 Å². The molecule has 4 heteroatoms. The van der Waals surface area contributed by atoms with Gasteiger partial charge >= 0.3 is 0 Å². The predicted octanol–water partition coefficient (Wildman–Crippen LogP) is 4.47. The van der Waals surface area contributed by atoms with Gasteiger partial charge < -0.3 is 10.3 Å². The van der Waals surface area contributed by atoms with Crippen molar-refractivity contribution in [2.45, 2.75) is 27.2 Å². The number of aromatic amines is 1. The van der Waals surface area contributed by atoms with E-state index in [9.17, 15) is 4.79 Å². The fourth-order valence-corrected chi connectivity index (χ4v) is 2.79. The van der Waals surface area contributed by atoms with Gasteiger partial charge in [-0.3, -0.25) is 9.78 Å².